The number of benzene rings is 1. The Morgan fingerprint density at radius 1 is 1.25 bits per heavy atom. The van der Waals surface area contributed by atoms with Gasteiger partial charge in [0.25, 0.3) is 0 Å². The number of alkyl halides is 1. The topological polar surface area (TPSA) is 29.1 Å². The first-order chi connectivity index (χ1) is 7.56. The third-order valence-electron chi connectivity index (χ3n) is 2.97. The average molecular weight is 240 g/mol. The van der Waals surface area contributed by atoms with E-state index in [4.69, 9.17) is 11.6 Å². The van der Waals surface area contributed by atoms with Gasteiger partial charge >= 0.3 is 0 Å². The second kappa shape index (κ2) is 5.90. The van der Waals surface area contributed by atoms with Crippen LogP contribution in [0.25, 0.3) is 0 Å². The van der Waals surface area contributed by atoms with Crippen molar-refractivity contribution in [2.75, 3.05) is 5.88 Å². The SMILES string of the molecule is Cc1ccc(CNC(=O)CCCl)c(C)c1C. The molecular formula is C13H18ClNO. The van der Waals surface area contributed by atoms with E-state index in [2.05, 4.69) is 38.2 Å². The molecule has 1 aromatic carbocycles. The molecule has 1 rings (SSSR count). The molecular weight excluding hydrogens is 222 g/mol. The lowest BCUT2D eigenvalue weighted by atomic mass is 9.99. The predicted molar refractivity (Wildman–Crippen MR) is 67.8 cm³/mol. The van der Waals surface area contributed by atoms with Crippen LogP contribution in [0.1, 0.15) is 28.7 Å². The molecule has 1 N–H and O–H groups in total. The van der Waals surface area contributed by atoms with E-state index in [9.17, 15) is 4.79 Å². The highest BCUT2D eigenvalue weighted by Gasteiger charge is 2.05. The van der Waals surface area contributed by atoms with Crippen LogP contribution >= 0.6 is 11.6 Å². The Hall–Kier alpha value is -1.02. The van der Waals surface area contributed by atoms with E-state index in [1.807, 2.05) is 0 Å². The van der Waals surface area contributed by atoms with Crippen LogP contribution in [0.3, 0.4) is 0 Å². The molecule has 0 spiro atoms. The zero-order chi connectivity index (χ0) is 12.1. The normalized spacial score (nSPS) is 10.2. The van der Waals surface area contributed by atoms with Crippen LogP contribution in [0.15, 0.2) is 12.1 Å². The Kier molecular flexibility index (Phi) is 4.81. The van der Waals surface area contributed by atoms with E-state index < -0.39 is 0 Å². The monoisotopic (exact) mass is 239 g/mol. The number of hydrogen-bond donors (Lipinski definition) is 1. The van der Waals surface area contributed by atoms with Crippen molar-refractivity contribution in [3.8, 4) is 0 Å². The largest absolute Gasteiger partial charge is 0.352 e. The molecule has 2 nitrogen and oxygen atoms in total. The standard InChI is InChI=1S/C13H18ClNO/c1-9-4-5-12(11(3)10(9)2)8-15-13(16)6-7-14/h4-5H,6-8H2,1-3H3,(H,15,16). The lowest BCUT2D eigenvalue weighted by Crippen LogP contribution is -2.23. The van der Waals surface area contributed by atoms with E-state index in [1.165, 1.54) is 22.3 Å². The molecule has 0 aromatic heterocycles. The summed E-state index contributed by atoms with van der Waals surface area (Å²) >= 11 is 5.49. The summed E-state index contributed by atoms with van der Waals surface area (Å²) < 4.78 is 0. The lowest BCUT2D eigenvalue weighted by molar-refractivity contribution is -0.120. The summed E-state index contributed by atoms with van der Waals surface area (Å²) in [5.74, 6) is 0.380. The highest BCUT2D eigenvalue weighted by Crippen LogP contribution is 2.16. The third-order valence-corrected chi connectivity index (χ3v) is 3.16. The van der Waals surface area contributed by atoms with Crippen molar-refractivity contribution in [3.05, 3.63) is 34.4 Å². The fourth-order valence-electron chi connectivity index (χ4n) is 1.57. The fourth-order valence-corrected chi connectivity index (χ4v) is 1.74. The van der Waals surface area contributed by atoms with Crippen molar-refractivity contribution in [1.82, 2.24) is 5.32 Å². The van der Waals surface area contributed by atoms with Crippen molar-refractivity contribution >= 4 is 17.5 Å². The van der Waals surface area contributed by atoms with E-state index in [-0.39, 0.29) is 5.91 Å². The summed E-state index contributed by atoms with van der Waals surface area (Å²) in [6.07, 6.45) is 0.380. The molecule has 0 aliphatic rings. The molecule has 0 aliphatic carbocycles. The molecule has 1 amide bonds. The van der Waals surface area contributed by atoms with Gasteiger partial charge in [0, 0.05) is 18.8 Å². The minimum absolute atomic E-state index is 0.00706. The maximum Gasteiger partial charge on any atom is 0.221 e. The van der Waals surface area contributed by atoms with E-state index in [0.717, 1.165) is 0 Å². The molecule has 0 radical (unpaired) electrons. The Morgan fingerprint density at radius 3 is 2.56 bits per heavy atom. The van der Waals surface area contributed by atoms with Crippen LogP contribution in [0, 0.1) is 20.8 Å². The van der Waals surface area contributed by atoms with Crippen LogP contribution in [-0.2, 0) is 11.3 Å². The first-order valence-corrected chi connectivity index (χ1v) is 5.98. The van der Waals surface area contributed by atoms with Crippen molar-refractivity contribution in [2.45, 2.75) is 33.7 Å². The molecule has 0 bridgehead atoms. The Morgan fingerprint density at radius 2 is 1.94 bits per heavy atom. The highest BCUT2D eigenvalue weighted by atomic mass is 35.5. The predicted octanol–water partition coefficient (Wildman–Crippen LogP) is 2.86. The van der Waals surface area contributed by atoms with Crippen LogP contribution < -0.4 is 5.32 Å². The zero-order valence-corrected chi connectivity index (χ0v) is 10.8. The van der Waals surface area contributed by atoms with Gasteiger partial charge in [0.1, 0.15) is 0 Å². The summed E-state index contributed by atoms with van der Waals surface area (Å²) in [6.45, 7) is 6.88. The van der Waals surface area contributed by atoms with Gasteiger partial charge in [-0.15, -0.1) is 11.6 Å². The number of halogens is 1. The Labute approximate surface area is 102 Å². The Bertz CT molecular complexity index is 388. The van der Waals surface area contributed by atoms with Crippen LogP contribution in [0.5, 0.6) is 0 Å². The third kappa shape index (κ3) is 3.24. The Balaban J connectivity index is 2.68. The molecule has 0 atom stereocenters. The number of hydrogen-bond acceptors (Lipinski definition) is 1. The second-order valence-electron chi connectivity index (χ2n) is 4.01. The summed E-state index contributed by atoms with van der Waals surface area (Å²) in [5.41, 5.74) is 5.01. The van der Waals surface area contributed by atoms with E-state index in [0.29, 0.717) is 18.8 Å². The molecule has 0 heterocycles. The van der Waals surface area contributed by atoms with Gasteiger partial charge in [-0.05, 0) is 43.0 Å². The smallest absolute Gasteiger partial charge is 0.221 e. The molecule has 0 unspecified atom stereocenters. The van der Waals surface area contributed by atoms with Gasteiger partial charge in [-0.3, -0.25) is 4.79 Å². The van der Waals surface area contributed by atoms with Crippen molar-refractivity contribution < 1.29 is 4.79 Å². The molecule has 0 fully saturated rings. The molecule has 0 saturated heterocycles. The molecule has 1 aromatic rings. The second-order valence-corrected chi connectivity index (χ2v) is 4.39. The van der Waals surface area contributed by atoms with E-state index in [1.54, 1.807) is 0 Å². The first kappa shape index (κ1) is 13.0. The number of aryl methyl sites for hydroxylation is 1. The van der Waals surface area contributed by atoms with Gasteiger partial charge in [0.05, 0.1) is 0 Å². The van der Waals surface area contributed by atoms with E-state index >= 15 is 0 Å². The molecule has 88 valence electrons. The van der Waals surface area contributed by atoms with Gasteiger partial charge in [0.2, 0.25) is 5.91 Å². The minimum atomic E-state index is 0.00706. The summed E-state index contributed by atoms with van der Waals surface area (Å²) in [6, 6.07) is 4.16. The number of rotatable bonds is 4. The van der Waals surface area contributed by atoms with Gasteiger partial charge in [0.15, 0.2) is 0 Å². The van der Waals surface area contributed by atoms with Gasteiger partial charge in [-0.25, -0.2) is 0 Å². The van der Waals surface area contributed by atoms with Gasteiger partial charge < -0.3 is 5.32 Å². The number of nitrogens with one attached hydrogen (secondary N) is 1. The zero-order valence-electron chi connectivity index (χ0n) is 10.1. The van der Waals surface area contributed by atoms with Gasteiger partial charge in [-0.2, -0.15) is 0 Å². The maximum atomic E-state index is 11.3. The first-order valence-electron chi connectivity index (χ1n) is 5.44. The van der Waals surface area contributed by atoms with Gasteiger partial charge in [-0.1, -0.05) is 12.1 Å². The highest BCUT2D eigenvalue weighted by molar-refractivity contribution is 6.18. The van der Waals surface area contributed by atoms with Crippen LogP contribution in [0.4, 0.5) is 0 Å². The quantitative estimate of drug-likeness (QED) is 0.805. The van der Waals surface area contributed by atoms with Crippen molar-refractivity contribution in [1.29, 1.82) is 0 Å². The summed E-state index contributed by atoms with van der Waals surface area (Å²) in [5, 5.41) is 2.86. The summed E-state index contributed by atoms with van der Waals surface area (Å²) in [7, 11) is 0. The maximum absolute atomic E-state index is 11.3. The lowest BCUT2D eigenvalue weighted by Gasteiger charge is -2.11. The van der Waals surface area contributed by atoms with Crippen LogP contribution in [0.2, 0.25) is 0 Å². The summed E-state index contributed by atoms with van der Waals surface area (Å²) in [4.78, 5) is 11.3. The number of carbonyl (C=O) groups excluding carboxylic acids is 1. The molecule has 3 heteroatoms. The minimum Gasteiger partial charge on any atom is -0.352 e. The number of amides is 1. The average Bonchev–Trinajstić information content (AvgIpc) is 2.25. The van der Waals surface area contributed by atoms with Crippen molar-refractivity contribution in [2.24, 2.45) is 0 Å². The molecule has 16 heavy (non-hydrogen) atoms. The van der Waals surface area contributed by atoms with Crippen molar-refractivity contribution in [3.63, 3.8) is 0 Å². The molecule has 0 saturated carbocycles. The molecule has 0 aliphatic heterocycles. The van der Waals surface area contributed by atoms with Crippen LogP contribution in [-0.4, -0.2) is 11.8 Å². The fraction of sp³-hybridized carbons (Fsp3) is 0.462. The number of carbonyl (C=O) groups is 1.